The number of aromatic nitrogens is 1. The summed E-state index contributed by atoms with van der Waals surface area (Å²) in [5, 5.41) is 3.50. The maximum Gasteiger partial charge on any atom is 0.360 e. The fourth-order valence-corrected chi connectivity index (χ4v) is 2.40. The molecular weight excluding hydrogens is 258 g/mol. The second-order valence-electron chi connectivity index (χ2n) is 4.92. The number of carbonyl (C=O) groups excluding carboxylic acids is 1. The minimum absolute atomic E-state index is 0.233. The molecule has 0 amide bonds. The quantitative estimate of drug-likeness (QED) is 0.802. The zero-order chi connectivity index (χ0) is 14.4. The van der Waals surface area contributed by atoms with E-state index in [-0.39, 0.29) is 5.69 Å². The van der Waals surface area contributed by atoms with Crippen molar-refractivity contribution in [2.75, 3.05) is 31.1 Å². The van der Waals surface area contributed by atoms with Crippen molar-refractivity contribution in [1.82, 2.24) is 10.3 Å². The number of likely N-dealkylation sites (N-methyl/N-ethyl adjacent to an activating group) is 1. The number of esters is 1. The van der Waals surface area contributed by atoms with Gasteiger partial charge in [-0.25, -0.2) is 4.79 Å². The normalized spacial score (nSPS) is 18.8. The zero-order valence-electron chi connectivity index (χ0n) is 12.2. The lowest BCUT2D eigenvalue weighted by Gasteiger charge is -2.28. The van der Waals surface area contributed by atoms with Gasteiger partial charge < -0.3 is 19.4 Å². The van der Waals surface area contributed by atoms with Gasteiger partial charge in [-0.3, -0.25) is 0 Å². The van der Waals surface area contributed by atoms with Crippen molar-refractivity contribution < 1.29 is 13.9 Å². The fraction of sp³-hybridized carbons (Fsp3) is 0.714. The molecule has 112 valence electrons. The SMILES string of the molecule is CCOC(=O)c1coc(N(CC)CC2CCCCN2)n1. The molecule has 1 aliphatic heterocycles. The highest BCUT2D eigenvalue weighted by Crippen LogP contribution is 2.17. The number of ether oxygens (including phenoxy) is 1. The third-order valence-corrected chi connectivity index (χ3v) is 3.48. The third-order valence-electron chi connectivity index (χ3n) is 3.48. The number of carbonyl (C=O) groups is 1. The van der Waals surface area contributed by atoms with Crippen LogP contribution >= 0.6 is 0 Å². The van der Waals surface area contributed by atoms with E-state index in [1.54, 1.807) is 6.92 Å². The molecular formula is C14H23N3O3. The molecule has 6 nitrogen and oxygen atoms in total. The highest BCUT2D eigenvalue weighted by molar-refractivity contribution is 5.87. The molecule has 1 atom stereocenters. The summed E-state index contributed by atoms with van der Waals surface area (Å²) in [5.41, 5.74) is 0.233. The number of nitrogens with zero attached hydrogens (tertiary/aromatic N) is 2. The molecule has 1 unspecified atom stereocenters. The summed E-state index contributed by atoms with van der Waals surface area (Å²) < 4.78 is 10.3. The van der Waals surface area contributed by atoms with Crippen LogP contribution in [0.3, 0.4) is 0 Å². The van der Waals surface area contributed by atoms with E-state index in [2.05, 4.69) is 17.2 Å². The number of piperidine rings is 1. The van der Waals surface area contributed by atoms with Crippen LogP contribution in [0, 0.1) is 0 Å². The molecule has 1 saturated heterocycles. The first-order valence-corrected chi connectivity index (χ1v) is 7.35. The molecule has 1 aromatic heterocycles. The molecule has 6 heteroatoms. The molecule has 0 aromatic carbocycles. The monoisotopic (exact) mass is 281 g/mol. The molecule has 2 rings (SSSR count). The van der Waals surface area contributed by atoms with Crippen molar-refractivity contribution in [1.29, 1.82) is 0 Å². The number of rotatable bonds is 6. The Morgan fingerprint density at radius 3 is 3.05 bits per heavy atom. The Kier molecular flexibility index (Phi) is 5.40. The number of anilines is 1. The smallest absolute Gasteiger partial charge is 0.360 e. The van der Waals surface area contributed by atoms with E-state index in [1.165, 1.54) is 25.5 Å². The van der Waals surface area contributed by atoms with Crippen molar-refractivity contribution in [2.45, 2.75) is 39.2 Å². The maximum absolute atomic E-state index is 11.6. The van der Waals surface area contributed by atoms with E-state index >= 15 is 0 Å². The first kappa shape index (κ1) is 14.8. The average Bonchev–Trinajstić information content (AvgIpc) is 2.96. The Balaban J connectivity index is 1.98. The van der Waals surface area contributed by atoms with Gasteiger partial charge in [-0.1, -0.05) is 6.42 Å². The molecule has 1 aliphatic rings. The number of nitrogens with one attached hydrogen (secondary N) is 1. The first-order chi connectivity index (χ1) is 9.74. The number of hydrogen-bond donors (Lipinski definition) is 1. The van der Waals surface area contributed by atoms with E-state index in [4.69, 9.17) is 9.15 Å². The Morgan fingerprint density at radius 2 is 2.40 bits per heavy atom. The average molecular weight is 281 g/mol. The van der Waals surface area contributed by atoms with Crippen molar-refractivity contribution in [3.05, 3.63) is 12.0 Å². The molecule has 1 aromatic rings. The van der Waals surface area contributed by atoms with Gasteiger partial charge in [0, 0.05) is 19.1 Å². The van der Waals surface area contributed by atoms with Crippen LogP contribution < -0.4 is 10.2 Å². The second kappa shape index (κ2) is 7.28. The van der Waals surface area contributed by atoms with Gasteiger partial charge in [-0.15, -0.1) is 0 Å². The van der Waals surface area contributed by atoms with Gasteiger partial charge in [-0.2, -0.15) is 4.98 Å². The van der Waals surface area contributed by atoms with Crippen molar-refractivity contribution in [3.8, 4) is 0 Å². The maximum atomic E-state index is 11.6. The van der Waals surface area contributed by atoms with Gasteiger partial charge in [0.25, 0.3) is 6.01 Å². The highest BCUT2D eigenvalue weighted by atomic mass is 16.5. The van der Waals surface area contributed by atoms with Crippen molar-refractivity contribution in [3.63, 3.8) is 0 Å². The number of oxazole rings is 1. The summed E-state index contributed by atoms with van der Waals surface area (Å²) in [5.74, 6) is -0.436. The van der Waals surface area contributed by atoms with Crippen LogP contribution in [0.1, 0.15) is 43.6 Å². The van der Waals surface area contributed by atoms with Gasteiger partial charge in [0.05, 0.1) is 6.61 Å². The van der Waals surface area contributed by atoms with Crippen molar-refractivity contribution in [2.24, 2.45) is 0 Å². The third kappa shape index (κ3) is 3.72. The van der Waals surface area contributed by atoms with Gasteiger partial charge in [0.15, 0.2) is 5.69 Å². The zero-order valence-corrected chi connectivity index (χ0v) is 12.2. The predicted octanol–water partition coefficient (Wildman–Crippen LogP) is 1.82. The van der Waals surface area contributed by atoms with Gasteiger partial charge >= 0.3 is 5.97 Å². The minimum atomic E-state index is -0.436. The van der Waals surface area contributed by atoms with Crippen LogP contribution in [0.5, 0.6) is 0 Å². The van der Waals surface area contributed by atoms with E-state index < -0.39 is 5.97 Å². The second-order valence-corrected chi connectivity index (χ2v) is 4.92. The Morgan fingerprint density at radius 1 is 1.55 bits per heavy atom. The minimum Gasteiger partial charge on any atom is -0.461 e. The molecule has 2 heterocycles. The van der Waals surface area contributed by atoms with E-state index in [9.17, 15) is 4.79 Å². The highest BCUT2D eigenvalue weighted by Gasteiger charge is 2.21. The Bertz CT molecular complexity index is 427. The summed E-state index contributed by atoms with van der Waals surface area (Å²) in [6.07, 6.45) is 5.04. The van der Waals surface area contributed by atoms with E-state index in [1.807, 2.05) is 4.90 Å². The molecule has 20 heavy (non-hydrogen) atoms. The van der Waals surface area contributed by atoms with Gasteiger partial charge in [0.2, 0.25) is 0 Å². The van der Waals surface area contributed by atoms with Gasteiger partial charge in [0.1, 0.15) is 6.26 Å². The van der Waals surface area contributed by atoms with Crippen LogP contribution in [-0.2, 0) is 4.74 Å². The van der Waals surface area contributed by atoms with Crippen LogP contribution in [0.2, 0.25) is 0 Å². The molecule has 0 radical (unpaired) electrons. The molecule has 0 aliphatic carbocycles. The lowest BCUT2D eigenvalue weighted by Crippen LogP contribution is -2.43. The fourth-order valence-electron chi connectivity index (χ4n) is 2.40. The topological polar surface area (TPSA) is 67.6 Å². The predicted molar refractivity (Wildman–Crippen MR) is 76.0 cm³/mol. The lowest BCUT2D eigenvalue weighted by molar-refractivity contribution is 0.0519. The standard InChI is InChI=1S/C14H23N3O3/c1-3-17(9-11-7-5-6-8-15-11)14-16-12(10-20-14)13(18)19-4-2/h10-11,15H,3-9H2,1-2H3. The van der Waals surface area contributed by atoms with Crippen LogP contribution in [-0.4, -0.2) is 43.2 Å². The largest absolute Gasteiger partial charge is 0.461 e. The van der Waals surface area contributed by atoms with Crippen molar-refractivity contribution >= 4 is 12.0 Å². The van der Waals surface area contributed by atoms with Crippen LogP contribution in [0.4, 0.5) is 6.01 Å². The molecule has 0 spiro atoms. The molecule has 0 saturated carbocycles. The van der Waals surface area contributed by atoms with Gasteiger partial charge in [-0.05, 0) is 33.2 Å². The summed E-state index contributed by atoms with van der Waals surface area (Å²) in [7, 11) is 0. The Hall–Kier alpha value is -1.56. The summed E-state index contributed by atoms with van der Waals surface area (Å²) >= 11 is 0. The first-order valence-electron chi connectivity index (χ1n) is 7.35. The van der Waals surface area contributed by atoms with Crippen LogP contribution in [0.25, 0.3) is 0 Å². The molecule has 0 bridgehead atoms. The molecule has 1 fully saturated rings. The summed E-state index contributed by atoms with van der Waals surface area (Å²) in [4.78, 5) is 17.9. The van der Waals surface area contributed by atoms with E-state index in [0.29, 0.717) is 18.7 Å². The lowest BCUT2D eigenvalue weighted by atomic mass is 10.0. The summed E-state index contributed by atoms with van der Waals surface area (Å²) in [6, 6.07) is 0.949. The number of hydrogen-bond acceptors (Lipinski definition) is 6. The van der Waals surface area contributed by atoms with Crippen LogP contribution in [0.15, 0.2) is 10.7 Å². The molecule has 1 N–H and O–H groups in total. The summed E-state index contributed by atoms with van der Waals surface area (Å²) in [6.45, 7) is 6.87. The Labute approximate surface area is 119 Å². The van der Waals surface area contributed by atoms with E-state index in [0.717, 1.165) is 19.6 Å².